The Morgan fingerprint density at radius 2 is 1.48 bits per heavy atom. The molecular weight excluding hydrogens is 364 g/mol. The summed E-state index contributed by atoms with van der Waals surface area (Å²) < 4.78 is 24.5. The van der Waals surface area contributed by atoms with Crippen molar-refractivity contribution in [2.75, 3.05) is 17.6 Å². The van der Waals surface area contributed by atoms with Crippen LogP contribution < -0.4 is 10.6 Å². The number of benzene rings is 2. The lowest BCUT2D eigenvalue weighted by molar-refractivity contribution is -0.123. The Hall–Kier alpha value is -2.67. The van der Waals surface area contributed by atoms with Crippen LogP contribution >= 0.6 is 0 Å². The molecule has 6 nitrogen and oxygen atoms in total. The summed E-state index contributed by atoms with van der Waals surface area (Å²) in [5.41, 5.74) is 3.54. The number of hydrogen-bond donors (Lipinski definition) is 2. The highest BCUT2D eigenvalue weighted by molar-refractivity contribution is 7.91. The zero-order chi connectivity index (χ0) is 20.0. The van der Waals surface area contributed by atoms with Gasteiger partial charge in [-0.05, 0) is 44.0 Å². The van der Waals surface area contributed by atoms with Gasteiger partial charge in [0.15, 0.2) is 9.84 Å². The second-order valence-corrected chi connectivity index (χ2v) is 8.58. The molecular formula is C20H24N2O4S. The Morgan fingerprint density at radius 1 is 0.889 bits per heavy atom. The Morgan fingerprint density at radius 3 is 2.07 bits per heavy atom. The van der Waals surface area contributed by atoms with Crippen LogP contribution in [0.15, 0.2) is 47.4 Å². The molecule has 2 aromatic rings. The van der Waals surface area contributed by atoms with Gasteiger partial charge in [-0.25, -0.2) is 8.42 Å². The number of sulfone groups is 1. The van der Waals surface area contributed by atoms with E-state index in [-0.39, 0.29) is 29.5 Å². The quantitative estimate of drug-likeness (QED) is 0.762. The summed E-state index contributed by atoms with van der Waals surface area (Å²) in [5.74, 6) is -1.15. The van der Waals surface area contributed by atoms with Crippen molar-refractivity contribution in [2.24, 2.45) is 0 Å². The molecule has 0 fully saturated rings. The standard InChI is InChI=1S/C20H24N2O4S/c1-14-7-9-17(10-8-14)27(25,26)12-11-18(23)21-13-19(24)22-20-15(2)5-4-6-16(20)3/h4-10H,11-13H2,1-3H3,(H,21,23)(H,22,24). The first-order chi connectivity index (χ1) is 12.7. The molecule has 0 heterocycles. The third-order valence-electron chi connectivity index (χ3n) is 4.17. The van der Waals surface area contributed by atoms with Gasteiger partial charge in [0, 0.05) is 12.1 Å². The van der Waals surface area contributed by atoms with Crippen molar-refractivity contribution in [1.82, 2.24) is 5.32 Å². The molecule has 0 spiro atoms. The molecule has 0 aromatic heterocycles. The van der Waals surface area contributed by atoms with Crippen molar-refractivity contribution < 1.29 is 18.0 Å². The fraction of sp³-hybridized carbons (Fsp3) is 0.300. The lowest BCUT2D eigenvalue weighted by Crippen LogP contribution is -2.34. The summed E-state index contributed by atoms with van der Waals surface area (Å²) in [6.45, 7) is 5.43. The highest BCUT2D eigenvalue weighted by atomic mass is 32.2. The second-order valence-electron chi connectivity index (χ2n) is 6.47. The first-order valence-electron chi connectivity index (χ1n) is 8.61. The molecule has 0 saturated carbocycles. The molecule has 144 valence electrons. The molecule has 0 saturated heterocycles. The summed E-state index contributed by atoms with van der Waals surface area (Å²) in [6, 6.07) is 12.2. The SMILES string of the molecule is Cc1ccc(S(=O)(=O)CCC(=O)NCC(=O)Nc2c(C)cccc2C)cc1. The van der Waals surface area contributed by atoms with E-state index in [1.165, 1.54) is 12.1 Å². The maximum absolute atomic E-state index is 12.2. The van der Waals surface area contributed by atoms with E-state index in [2.05, 4.69) is 10.6 Å². The third-order valence-corrected chi connectivity index (χ3v) is 5.90. The maximum Gasteiger partial charge on any atom is 0.243 e. The fourth-order valence-electron chi connectivity index (χ4n) is 2.55. The number of carbonyl (C=O) groups excluding carboxylic acids is 2. The summed E-state index contributed by atoms with van der Waals surface area (Å²) in [5, 5.41) is 5.22. The molecule has 0 bridgehead atoms. The summed E-state index contributed by atoms with van der Waals surface area (Å²) in [6.07, 6.45) is -0.202. The maximum atomic E-state index is 12.2. The van der Waals surface area contributed by atoms with Crippen molar-refractivity contribution in [3.63, 3.8) is 0 Å². The molecule has 0 radical (unpaired) electrons. The highest BCUT2D eigenvalue weighted by Gasteiger charge is 2.17. The molecule has 2 amide bonds. The van der Waals surface area contributed by atoms with Crippen molar-refractivity contribution in [1.29, 1.82) is 0 Å². The van der Waals surface area contributed by atoms with Crippen LogP contribution in [0.3, 0.4) is 0 Å². The van der Waals surface area contributed by atoms with E-state index in [1.807, 2.05) is 39.0 Å². The zero-order valence-corrected chi connectivity index (χ0v) is 16.5. The monoisotopic (exact) mass is 388 g/mol. The molecule has 2 aromatic carbocycles. The van der Waals surface area contributed by atoms with Crippen LogP contribution in [0.2, 0.25) is 0 Å². The first kappa shape index (κ1) is 20.6. The smallest absolute Gasteiger partial charge is 0.243 e. The Kier molecular flexibility index (Phi) is 6.74. The summed E-state index contributed by atoms with van der Waals surface area (Å²) >= 11 is 0. The van der Waals surface area contributed by atoms with Gasteiger partial charge in [-0.15, -0.1) is 0 Å². The first-order valence-corrected chi connectivity index (χ1v) is 10.3. The molecule has 2 N–H and O–H groups in total. The van der Waals surface area contributed by atoms with Gasteiger partial charge in [0.05, 0.1) is 17.2 Å². The highest BCUT2D eigenvalue weighted by Crippen LogP contribution is 2.19. The van der Waals surface area contributed by atoms with Crippen LogP contribution in [-0.4, -0.2) is 32.5 Å². The molecule has 0 unspecified atom stereocenters. The molecule has 0 aliphatic carbocycles. The van der Waals surface area contributed by atoms with Crippen molar-refractivity contribution in [3.05, 3.63) is 59.2 Å². The predicted molar refractivity (Wildman–Crippen MR) is 105 cm³/mol. The topological polar surface area (TPSA) is 92.3 Å². The van der Waals surface area contributed by atoms with E-state index in [4.69, 9.17) is 0 Å². The van der Waals surface area contributed by atoms with E-state index >= 15 is 0 Å². The van der Waals surface area contributed by atoms with Gasteiger partial charge in [-0.1, -0.05) is 35.9 Å². The minimum Gasteiger partial charge on any atom is -0.347 e. The van der Waals surface area contributed by atoms with E-state index in [0.717, 1.165) is 22.4 Å². The van der Waals surface area contributed by atoms with Gasteiger partial charge in [0.25, 0.3) is 0 Å². The number of nitrogens with one attached hydrogen (secondary N) is 2. The minimum atomic E-state index is -3.53. The number of rotatable bonds is 7. The van der Waals surface area contributed by atoms with Crippen LogP contribution in [0.4, 0.5) is 5.69 Å². The number of amides is 2. The normalized spacial score (nSPS) is 11.1. The Labute approximate surface area is 159 Å². The van der Waals surface area contributed by atoms with Crippen molar-refractivity contribution in [3.8, 4) is 0 Å². The second kappa shape index (κ2) is 8.81. The van der Waals surface area contributed by atoms with Crippen LogP contribution in [0.25, 0.3) is 0 Å². The number of anilines is 1. The third kappa shape index (κ3) is 5.92. The average Bonchev–Trinajstić information content (AvgIpc) is 2.62. The van der Waals surface area contributed by atoms with Gasteiger partial charge in [-0.3, -0.25) is 9.59 Å². The molecule has 27 heavy (non-hydrogen) atoms. The number of aryl methyl sites for hydroxylation is 3. The molecule has 2 rings (SSSR count). The molecule has 7 heteroatoms. The minimum absolute atomic E-state index is 0.189. The number of carbonyl (C=O) groups is 2. The van der Waals surface area contributed by atoms with Gasteiger partial charge in [0.1, 0.15) is 0 Å². The lowest BCUT2D eigenvalue weighted by Gasteiger charge is -2.12. The van der Waals surface area contributed by atoms with Crippen LogP contribution in [0.1, 0.15) is 23.1 Å². The van der Waals surface area contributed by atoms with Gasteiger partial charge in [-0.2, -0.15) is 0 Å². The van der Waals surface area contributed by atoms with Gasteiger partial charge in [0.2, 0.25) is 11.8 Å². The van der Waals surface area contributed by atoms with Gasteiger partial charge < -0.3 is 10.6 Å². The summed E-state index contributed by atoms with van der Waals surface area (Å²) in [7, 11) is -3.53. The number of hydrogen-bond acceptors (Lipinski definition) is 4. The van der Waals surface area contributed by atoms with Crippen molar-refractivity contribution in [2.45, 2.75) is 32.1 Å². The predicted octanol–water partition coefficient (Wildman–Crippen LogP) is 2.53. The van der Waals surface area contributed by atoms with E-state index < -0.39 is 15.7 Å². The van der Waals surface area contributed by atoms with Crippen LogP contribution in [0.5, 0.6) is 0 Å². The van der Waals surface area contributed by atoms with Gasteiger partial charge >= 0.3 is 0 Å². The Balaban J connectivity index is 1.84. The number of para-hydroxylation sites is 1. The molecule has 0 aliphatic heterocycles. The average molecular weight is 388 g/mol. The molecule has 0 aliphatic rings. The van der Waals surface area contributed by atoms with E-state index in [0.29, 0.717) is 0 Å². The fourth-order valence-corrected chi connectivity index (χ4v) is 3.79. The lowest BCUT2D eigenvalue weighted by atomic mass is 10.1. The summed E-state index contributed by atoms with van der Waals surface area (Å²) in [4.78, 5) is 24.1. The zero-order valence-electron chi connectivity index (χ0n) is 15.7. The Bertz CT molecular complexity index is 915. The molecule has 0 atom stereocenters. The van der Waals surface area contributed by atoms with Crippen LogP contribution in [0, 0.1) is 20.8 Å². The van der Waals surface area contributed by atoms with E-state index in [1.54, 1.807) is 12.1 Å². The van der Waals surface area contributed by atoms with Crippen LogP contribution in [-0.2, 0) is 19.4 Å². The van der Waals surface area contributed by atoms with Crippen molar-refractivity contribution >= 4 is 27.3 Å². The largest absolute Gasteiger partial charge is 0.347 e. The van der Waals surface area contributed by atoms with E-state index in [9.17, 15) is 18.0 Å².